The van der Waals surface area contributed by atoms with Crippen LogP contribution in [-0.4, -0.2) is 55.7 Å². The van der Waals surface area contributed by atoms with Crippen molar-refractivity contribution < 1.29 is 17.9 Å². The Morgan fingerprint density at radius 2 is 2.28 bits per heavy atom. The summed E-state index contributed by atoms with van der Waals surface area (Å²) >= 11 is 1.03. The summed E-state index contributed by atoms with van der Waals surface area (Å²) in [4.78, 5) is 10.3. The number of halogens is 4. The average molecular weight is 492 g/mol. The van der Waals surface area contributed by atoms with E-state index in [0.717, 1.165) is 55.3 Å². The zero-order valence-electron chi connectivity index (χ0n) is 14.3. The molecule has 2 rings (SSSR count). The first kappa shape index (κ1) is 22.4. The summed E-state index contributed by atoms with van der Waals surface area (Å²) in [5.74, 6) is 1.30. The second-order valence-corrected chi connectivity index (χ2v) is 6.61. The van der Waals surface area contributed by atoms with E-state index in [1.54, 1.807) is 7.11 Å². The zero-order chi connectivity index (χ0) is 17.6. The molecule has 1 atom stereocenters. The van der Waals surface area contributed by atoms with Gasteiger partial charge in [0.25, 0.3) is 0 Å². The van der Waals surface area contributed by atoms with Gasteiger partial charge in [-0.2, -0.15) is 13.2 Å². The van der Waals surface area contributed by atoms with Crippen LogP contribution in [0.5, 0.6) is 0 Å². The van der Waals surface area contributed by atoms with E-state index in [9.17, 15) is 13.2 Å². The summed E-state index contributed by atoms with van der Waals surface area (Å²) in [7, 11) is 1.70. The van der Waals surface area contributed by atoms with Crippen molar-refractivity contribution in [1.29, 1.82) is 0 Å². The van der Waals surface area contributed by atoms with Gasteiger partial charge in [-0.05, 0) is 13.3 Å². The molecule has 0 saturated carbocycles. The van der Waals surface area contributed by atoms with Gasteiger partial charge in [0.1, 0.15) is 0 Å². The molecule has 1 N–H and O–H groups in total. The molecule has 1 aromatic heterocycles. The molecule has 144 valence electrons. The molecule has 1 aliphatic heterocycles. The minimum Gasteiger partial charge on any atom is -0.384 e. The van der Waals surface area contributed by atoms with Crippen molar-refractivity contribution in [1.82, 2.24) is 15.2 Å². The van der Waals surface area contributed by atoms with Crippen molar-refractivity contribution in [3.8, 4) is 0 Å². The van der Waals surface area contributed by atoms with E-state index in [1.165, 1.54) is 0 Å². The van der Waals surface area contributed by atoms with E-state index in [0.29, 0.717) is 23.9 Å². The highest BCUT2D eigenvalue weighted by Gasteiger charge is 2.33. The van der Waals surface area contributed by atoms with Crippen LogP contribution in [0, 0.1) is 5.92 Å². The van der Waals surface area contributed by atoms with E-state index in [1.807, 2.05) is 6.92 Å². The number of hydrogen-bond acceptors (Lipinski definition) is 4. The van der Waals surface area contributed by atoms with Gasteiger partial charge in [0.2, 0.25) is 0 Å². The number of aromatic nitrogens is 1. The summed E-state index contributed by atoms with van der Waals surface area (Å²) in [5.41, 5.74) is -0.819. The van der Waals surface area contributed by atoms with Crippen LogP contribution in [-0.2, 0) is 17.3 Å². The number of alkyl halides is 3. The molecule has 10 heteroatoms. The molecule has 0 bridgehead atoms. The monoisotopic (exact) mass is 492 g/mol. The number of likely N-dealkylation sites (tertiary alicyclic amines) is 1. The van der Waals surface area contributed by atoms with Gasteiger partial charge in [0, 0.05) is 51.0 Å². The molecule has 0 radical (unpaired) electrons. The Kier molecular flexibility index (Phi) is 9.43. The lowest BCUT2D eigenvalue weighted by Crippen LogP contribution is -2.40. The maximum absolute atomic E-state index is 12.5. The van der Waals surface area contributed by atoms with Crippen LogP contribution in [0.15, 0.2) is 10.4 Å². The second-order valence-electron chi connectivity index (χ2n) is 5.67. The molecule has 1 aromatic rings. The van der Waals surface area contributed by atoms with Crippen LogP contribution in [0.4, 0.5) is 13.2 Å². The fourth-order valence-electron chi connectivity index (χ4n) is 2.64. The zero-order valence-corrected chi connectivity index (χ0v) is 17.5. The van der Waals surface area contributed by atoms with Gasteiger partial charge in [0.15, 0.2) is 11.7 Å². The first-order valence-electron chi connectivity index (χ1n) is 7.97. The smallest absolute Gasteiger partial charge is 0.384 e. The fourth-order valence-corrected chi connectivity index (χ4v) is 3.43. The SMILES string of the molecule is CCNC(=NCCc1nc(C(F)(F)F)cs1)N1CCC(COC)C1.I. The highest BCUT2D eigenvalue weighted by atomic mass is 127. The minimum absolute atomic E-state index is 0. The molecule has 5 nitrogen and oxygen atoms in total. The third-order valence-corrected chi connectivity index (χ3v) is 4.66. The average Bonchev–Trinajstić information content (AvgIpc) is 3.15. The van der Waals surface area contributed by atoms with Crippen LogP contribution < -0.4 is 5.32 Å². The molecular weight excluding hydrogens is 468 g/mol. The van der Waals surface area contributed by atoms with Crippen LogP contribution in [0.25, 0.3) is 0 Å². The maximum atomic E-state index is 12.5. The summed E-state index contributed by atoms with van der Waals surface area (Å²) < 4.78 is 42.8. The number of rotatable bonds is 6. The Labute approximate surface area is 167 Å². The lowest BCUT2D eigenvalue weighted by Gasteiger charge is -2.21. The predicted octanol–water partition coefficient (Wildman–Crippen LogP) is 3.26. The van der Waals surface area contributed by atoms with Gasteiger partial charge in [-0.25, -0.2) is 4.98 Å². The van der Waals surface area contributed by atoms with Crippen molar-refractivity contribution in [2.24, 2.45) is 10.9 Å². The Balaban J connectivity index is 0.00000312. The number of methoxy groups -OCH3 is 1. The predicted molar refractivity (Wildman–Crippen MR) is 104 cm³/mol. The number of guanidine groups is 1. The van der Waals surface area contributed by atoms with Gasteiger partial charge in [-0.1, -0.05) is 0 Å². The topological polar surface area (TPSA) is 49.8 Å². The third kappa shape index (κ3) is 6.89. The lowest BCUT2D eigenvalue weighted by molar-refractivity contribution is -0.140. The van der Waals surface area contributed by atoms with E-state index in [2.05, 4.69) is 20.2 Å². The Bertz CT molecular complexity index is 553. The van der Waals surface area contributed by atoms with Crippen LogP contribution in [0.1, 0.15) is 24.0 Å². The summed E-state index contributed by atoms with van der Waals surface area (Å²) in [6, 6.07) is 0. The summed E-state index contributed by atoms with van der Waals surface area (Å²) in [5, 5.41) is 4.76. The molecule has 2 heterocycles. The van der Waals surface area contributed by atoms with E-state index in [4.69, 9.17) is 4.74 Å². The Morgan fingerprint density at radius 3 is 2.88 bits per heavy atom. The van der Waals surface area contributed by atoms with Crippen LogP contribution in [0.2, 0.25) is 0 Å². The normalized spacial score (nSPS) is 18.4. The molecule has 1 unspecified atom stereocenters. The van der Waals surface area contributed by atoms with Crippen molar-refractivity contribution in [3.05, 3.63) is 16.1 Å². The highest BCUT2D eigenvalue weighted by Crippen LogP contribution is 2.30. The van der Waals surface area contributed by atoms with Gasteiger partial charge < -0.3 is 15.0 Å². The van der Waals surface area contributed by atoms with Crippen molar-refractivity contribution in [3.63, 3.8) is 0 Å². The maximum Gasteiger partial charge on any atom is 0.434 e. The third-order valence-electron chi connectivity index (χ3n) is 3.75. The molecule has 1 aliphatic rings. The molecule has 25 heavy (non-hydrogen) atoms. The van der Waals surface area contributed by atoms with Crippen LogP contribution >= 0.6 is 35.3 Å². The number of nitrogens with zero attached hydrogens (tertiary/aromatic N) is 3. The molecule has 0 aliphatic carbocycles. The summed E-state index contributed by atoms with van der Waals surface area (Å²) in [6.45, 7) is 5.69. The molecule has 1 saturated heterocycles. The van der Waals surface area contributed by atoms with E-state index in [-0.39, 0.29) is 24.0 Å². The number of ether oxygens (including phenoxy) is 1. The molecular formula is C15H24F3IN4OS. The van der Waals surface area contributed by atoms with Crippen LogP contribution in [0.3, 0.4) is 0 Å². The fraction of sp³-hybridized carbons (Fsp3) is 0.733. The number of nitrogens with one attached hydrogen (secondary N) is 1. The van der Waals surface area contributed by atoms with E-state index >= 15 is 0 Å². The number of thiazole rings is 1. The van der Waals surface area contributed by atoms with Gasteiger partial charge >= 0.3 is 6.18 Å². The largest absolute Gasteiger partial charge is 0.434 e. The standard InChI is InChI=1S/C15H23F3N4OS.HI/c1-3-19-14(22-7-5-11(8-22)9-23-2)20-6-4-13-21-12(10-24-13)15(16,17)18;/h10-11H,3-9H2,1-2H3,(H,19,20);1H. The van der Waals surface area contributed by atoms with Crippen molar-refractivity contribution >= 4 is 41.3 Å². The molecule has 0 aromatic carbocycles. The van der Waals surface area contributed by atoms with Crippen molar-refractivity contribution in [2.45, 2.75) is 25.9 Å². The Morgan fingerprint density at radius 1 is 1.52 bits per heavy atom. The molecule has 0 amide bonds. The number of hydrogen-bond donors (Lipinski definition) is 1. The highest BCUT2D eigenvalue weighted by molar-refractivity contribution is 14.0. The first-order valence-corrected chi connectivity index (χ1v) is 8.85. The quantitative estimate of drug-likeness (QED) is 0.377. The summed E-state index contributed by atoms with van der Waals surface area (Å²) in [6.07, 6.45) is -2.91. The first-order chi connectivity index (χ1) is 11.4. The van der Waals surface area contributed by atoms with Gasteiger partial charge in [-0.15, -0.1) is 35.3 Å². The number of aliphatic imine (C=N–C) groups is 1. The molecule has 0 spiro atoms. The minimum atomic E-state index is -4.38. The van der Waals surface area contributed by atoms with Crippen molar-refractivity contribution in [2.75, 3.05) is 39.9 Å². The lowest BCUT2D eigenvalue weighted by atomic mass is 10.1. The second kappa shape index (κ2) is 10.5. The van der Waals surface area contributed by atoms with Gasteiger partial charge in [0.05, 0.1) is 11.6 Å². The Hall–Kier alpha value is -0.620. The van der Waals surface area contributed by atoms with E-state index < -0.39 is 11.9 Å². The molecule has 1 fully saturated rings. The van der Waals surface area contributed by atoms with Gasteiger partial charge in [-0.3, -0.25) is 4.99 Å².